The fourth-order valence-corrected chi connectivity index (χ4v) is 5.93. The second-order valence-electron chi connectivity index (χ2n) is 7.32. The first kappa shape index (κ1) is 26.6. The molecule has 0 bridgehead atoms. The van der Waals surface area contributed by atoms with E-state index in [1.54, 1.807) is 31.2 Å². The number of nitro benzene ring substituents is 1. The van der Waals surface area contributed by atoms with E-state index in [1.165, 1.54) is 12.1 Å². The highest BCUT2D eigenvalue weighted by atomic mass is 35.5. The van der Waals surface area contributed by atoms with Crippen LogP contribution >= 0.6 is 23.4 Å². The molecular weight excluding hydrogens is 536 g/mol. The first-order valence-electron chi connectivity index (χ1n) is 9.70. The molecule has 0 saturated heterocycles. The molecule has 3 N–H and O–H groups in total. The topological polar surface area (TPSA) is 162 Å². The van der Waals surface area contributed by atoms with Crippen LogP contribution in [0.4, 0.5) is 5.69 Å². The molecule has 0 unspecified atom stereocenters. The Morgan fingerprint density at radius 3 is 2.17 bits per heavy atom. The second kappa shape index (κ2) is 10.3. The van der Waals surface area contributed by atoms with Crippen LogP contribution in [-0.2, 0) is 20.0 Å². The standard InChI is InChI=1S/C21H19ClN4O6S3/c1-13-3-5-15(6-4-13)21(33-19-12-18(22)14(2)11-20(19)34(23,29)30)24-25-35(31,32)17-9-7-16(8-10-17)26(27)28/h3-12,25H,1-2H3,(H2,23,29,30)/b24-21-. The highest BCUT2D eigenvalue weighted by molar-refractivity contribution is 8.14. The minimum Gasteiger partial charge on any atom is -0.258 e. The lowest BCUT2D eigenvalue weighted by Crippen LogP contribution is -2.20. The van der Waals surface area contributed by atoms with Crippen molar-refractivity contribution >= 4 is 54.1 Å². The van der Waals surface area contributed by atoms with Crippen LogP contribution < -0.4 is 9.97 Å². The first-order chi connectivity index (χ1) is 16.3. The first-order valence-corrected chi connectivity index (χ1v) is 13.9. The number of hydrogen-bond donors (Lipinski definition) is 2. The number of benzene rings is 3. The van der Waals surface area contributed by atoms with E-state index in [9.17, 15) is 26.9 Å². The highest BCUT2D eigenvalue weighted by Crippen LogP contribution is 2.34. The Morgan fingerprint density at radius 1 is 1.03 bits per heavy atom. The number of nitrogens with two attached hydrogens (primary N) is 1. The van der Waals surface area contributed by atoms with E-state index in [4.69, 9.17) is 16.7 Å². The van der Waals surface area contributed by atoms with Gasteiger partial charge in [0.2, 0.25) is 10.0 Å². The van der Waals surface area contributed by atoms with Crippen molar-refractivity contribution in [3.63, 3.8) is 0 Å². The number of sulfonamides is 2. The molecule has 0 aliphatic rings. The van der Waals surface area contributed by atoms with E-state index in [-0.39, 0.29) is 30.4 Å². The van der Waals surface area contributed by atoms with Crippen LogP contribution in [0.5, 0.6) is 0 Å². The summed E-state index contributed by atoms with van der Waals surface area (Å²) < 4.78 is 49.9. The van der Waals surface area contributed by atoms with Crippen molar-refractivity contribution < 1.29 is 21.8 Å². The molecule has 0 amide bonds. The fraction of sp³-hybridized carbons (Fsp3) is 0.0952. The van der Waals surface area contributed by atoms with Gasteiger partial charge in [0.05, 0.1) is 14.7 Å². The largest absolute Gasteiger partial charge is 0.276 e. The molecule has 14 heteroatoms. The Kier molecular flexibility index (Phi) is 7.87. The van der Waals surface area contributed by atoms with Gasteiger partial charge < -0.3 is 0 Å². The molecule has 35 heavy (non-hydrogen) atoms. The molecule has 0 spiro atoms. The van der Waals surface area contributed by atoms with Crippen LogP contribution in [0.3, 0.4) is 0 Å². The summed E-state index contributed by atoms with van der Waals surface area (Å²) >= 11 is 7.06. The van der Waals surface area contributed by atoms with Crippen molar-refractivity contribution in [2.75, 3.05) is 0 Å². The predicted octanol–water partition coefficient (Wildman–Crippen LogP) is 3.94. The molecule has 3 aromatic rings. The summed E-state index contributed by atoms with van der Waals surface area (Å²) in [6, 6.07) is 13.9. The molecule has 0 heterocycles. The molecule has 3 rings (SSSR count). The maximum absolute atomic E-state index is 12.7. The number of hydrogen-bond acceptors (Lipinski definition) is 8. The molecule has 0 aliphatic carbocycles. The van der Waals surface area contributed by atoms with Crippen molar-refractivity contribution in [2.45, 2.75) is 28.5 Å². The van der Waals surface area contributed by atoms with Crippen LogP contribution in [0.2, 0.25) is 5.02 Å². The number of hydrazone groups is 1. The number of nitrogens with zero attached hydrogens (tertiary/aromatic N) is 2. The number of halogens is 1. The molecule has 184 valence electrons. The Morgan fingerprint density at radius 2 is 1.63 bits per heavy atom. The lowest BCUT2D eigenvalue weighted by atomic mass is 10.2. The second-order valence-corrected chi connectivity index (χ2v) is 12.0. The average Bonchev–Trinajstić information content (AvgIpc) is 2.78. The monoisotopic (exact) mass is 554 g/mol. The van der Waals surface area contributed by atoms with Crippen molar-refractivity contribution in [3.05, 3.63) is 92.5 Å². The third-order valence-corrected chi connectivity index (χ3v) is 8.45. The number of nitrogens with one attached hydrogen (secondary N) is 1. The quantitative estimate of drug-likeness (QED) is 0.147. The number of aryl methyl sites for hydroxylation is 2. The zero-order chi connectivity index (χ0) is 26.0. The number of nitro groups is 1. The van der Waals surface area contributed by atoms with E-state index in [1.807, 2.05) is 6.92 Å². The molecule has 0 fully saturated rings. The van der Waals surface area contributed by atoms with Gasteiger partial charge in [-0.15, -0.1) is 0 Å². The van der Waals surface area contributed by atoms with E-state index in [0.29, 0.717) is 11.1 Å². The summed E-state index contributed by atoms with van der Waals surface area (Å²) in [6.45, 7) is 3.49. The number of rotatable bonds is 7. The zero-order valence-electron chi connectivity index (χ0n) is 18.3. The van der Waals surface area contributed by atoms with Gasteiger partial charge in [0.25, 0.3) is 15.7 Å². The van der Waals surface area contributed by atoms with Gasteiger partial charge in [0.1, 0.15) is 5.04 Å². The molecule has 0 atom stereocenters. The number of thioether (sulfide) groups is 1. The molecular formula is C21H19ClN4O6S3. The van der Waals surface area contributed by atoms with Gasteiger partial charge in [0.15, 0.2) is 0 Å². The van der Waals surface area contributed by atoms with Gasteiger partial charge in [-0.3, -0.25) is 10.1 Å². The molecule has 10 nitrogen and oxygen atoms in total. The van der Waals surface area contributed by atoms with Crippen molar-refractivity contribution in [1.82, 2.24) is 4.83 Å². The van der Waals surface area contributed by atoms with Crippen LogP contribution in [-0.4, -0.2) is 26.8 Å². The van der Waals surface area contributed by atoms with Crippen LogP contribution in [0, 0.1) is 24.0 Å². The van der Waals surface area contributed by atoms with Crippen molar-refractivity contribution in [3.8, 4) is 0 Å². The van der Waals surface area contributed by atoms with Crippen molar-refractivity contribution in [2.24, 2.45) is 10.2 Å². The third-order valence-electron chi connectivity index (χ3n) is 4.66. The van der Waals surface area contributed by atoms with E-state index in [0.717, 1.165) is 41.6 Å². The summed E-state index contributed by atoms with van der Waals surface area (Å²) in [5.41, 5.74) is 1.65. The molecule has 0 aromatic heterocycles. The molecule has 0 aliphatic heterocycles. The normalized spacial score (nSPS) is 12.4. The van der Waals surface area contributed by atoms with Gasteiger partial charge in [-0.2, -0.15) is 18.4 Å². The summed E-state index contributed by atoms with van der Waals surface area (Å²) in [6.07, 6.45) is 0. The summed E-state index contributed by atoms with van der Waals surface area (Å²) in [4.78, 5) is 12.0. The Bertz CT molecular complexity index is 1520. The van der Waals surface area contributed by atoms with Crippen molar-refractivity contribution in [1.29, 1.82) is 0 Å². The third kappa shape index (κ3) is 6.58. The fourth-order valence-electron chi connectivity index (χ4n) is 2.79. The summed E-state index contributed by atoms with van der Waals surface area (Å²) in [5, 5.41) is 20.6. The maximum Gasteiger partial charge on any atom is 0.276 e. The lowest BCUT2D eigenvalue weighted by molar-refractivity contribution is -0.384. The van der Waals surface area contributed by atoms with E-state index in [2.05, 4.69) is 9.93 Å². The smallest absolute Gasteiger partial charge is 0.258 e. The van der Waals surface area contributed by atoms with Gasteiger partial charge in [-0.25, -0.2) is 13.6 Å². The van der Waals surface area contributed by atoms with Crippen LogP contribution in [0.15, 0.2) is 80.5 Å². The molecule has 3 aromatic carbocycles. The van der Waals surface area contributed by atoms with Crippen LogP contribution in [0.25, 0.3) is 0 Å². The molecule has 0 radical (unpaired) electrons. The minimum atomic E-state index is -4.20. The predicted molar refractivity (Wildman–Crippen MR) is 135 cm³/mol. The van der Waals surface area contributed by atoms with E-state index < -0.39 is 25.0 Å². The van der Waals surface area contributed by atoms with Crippen LogP contribution in [0.1, 0.15) is 16.7 Å². The Hall–Kier alpha value is -2.97. The summed E-state index contributed by atoms with van der Waals surface area (Å²) in [7, 11) is -8.33. The highest BCUT2D eigenvalue weighted by Gasteiger charge is 2.21. The summed E-state index contributed by atoms with van der Waals surface area (Å²) in [5.74, 6) is 0. The van der Waals surface area contributed by atoms with E-state index >= 15 is 0 Å². The van der Waals surface area contributed by atoms with Gasteiger partial charge >= 0.3 is 0 Å². The molecule has 0 saturated carbocycles. The lowest BCUT2D eigenvalue weighted by Gasteiger charge is -2.13. The Labute approximate surface area is 211 Å². The van der Waals surface area contributed by atoms with Gasteiger partial charge in [0, 0.05) is 27.6 Å². The minimum absolute atomic E-state index is 0.111. The van der Waals surface area contributed by atoms with Gasteiger partial charge in [-0.05, 0) is 43.7 Å². The zero-order valence-corrected chi connectivity index (χ0v) is 21.5. The maximum atomic E-state index is 12.7. The SMILES string of the molecule is Cc1ccc(/C(=N/NS(=O)(=O)c2ccc([N+](=O)[O-])cc2)Sc2cc(Cl)c(C)cc2S(N)(=O)=O)cc1. The average molecular weight is 555 g/mol. The number of primary sulfonamides is 1. The van der Waals surface area contributed by atoms with Gasteiger partial charge in [-0.1, -0.05) is 53.2 Å². The Balaban J connectivity index is 2.06. The number of non-ortho nitro benzene ring substituents is 1.